The molecule has 92 valence electrons. The van der Waals surface area contributed by atoms with E-state index in [9.17, 15) is 8.42 Å². The van der Waals surface area contributed by atoms with E-state index in [-0.39, 0.29) is 29.4 Å². The van der Waals surface area contributed by atoms with Crippen molar-refractivity contribution in [2.24, 2.45) is 5.73 Å². The van der Waals surface area contributed by atoms with E-state index in [1.807, 2.05) is 0 Å². The quantitative estimate of drug-likeness (QED) is 0.880. The second kappa shape index (κ2) is 5.47. The summed E-state index contributed by atoms with van der Waals surface area (Å²) < 4.78 is 27.5. The summed E-state index contributed by atoms with van der Waals surface area (Å²) in [7, 11) is -1.91. The van der Waals surface area contributed by atoms with Crippen LogP contribution < -0.4 is 10.5 Å². The third-order valence-corrected chi connectivity index (χ3v) is 2.88. The number of hydrogen-bond acceptors (Lipinski definition) is 5. The van der Waals surface area contributed by atoms with Crippen molar-refractivity contribution in [3.63, 3.8) is 0 Å². The van der Waals surface area contributed by atoms with Crippen molar-refractivity contribution < 1.29 is 13.2 Å². The summed E-state index contributed by atoms with van der Waals surface area (Å²) >= 11 is 0. The van der Waals surface area contributed by atoms with Crippen LogP contribution >= 0.6 is 12.4 Å². The Balaban J connectivity index is 0.00000225. The SMILES string of the molecule is COc1cc([C@H](C)N)cc(S(C)(=O)=O)n1.Cl. The van der Waals surface area contributed by atoms with Gasteiger partial charge in [0.05, 0.1) is 7.11 Å². The first-order chi connectivity index (χ1) is 6.84. The molecule has 0 spiro atoms. The monoisotopic (exact) mass is 266 g/mol. The van der Waals surface area contributed by atoms with Crippen LogP contribution in [-0.4, -0.2) is 26.8 Å². The van der Waals surface area contributed by atoms with Gasteiger partial charge in [-0.1, -0.05) is 0 Å². The number of hydrogen-bond donors (Lipinski definition) is 1. The molecule has 0 aliphatic rings. The number of halogens is 1. The summed E-state index contributed by atoms with van der Waals surface area (Å²) in [5.74, 6) is 0.255. The predicted molar refractivity (Wildman–Crippen MR) is 63.7 cm³/mol. The van der Waals surface area contributed by atoms with Gasteiger partial charge in [0.2, 0.25) is 5.88 Å². The van der Waals surface area contributed by atoms with Crippen LogP contribution in [0.1, 0.15) is 18.5 Å². The van der Waals surface area contributed by atoms with E-state index in [1.165, 1.54) is 13.2 Å². The van der Waals surface area contributed by atoms with E-state index < -0.39 is 9.84 Å². The normalized spacial score (nSPS) is 12.8. The average molecular weight is 267 g/mol. The molecular weight excluding hydrogens is 252 g/mol. The van der Waals surface area contributed by atoms with Gasteiger partial charge in [-0.25, -0.2) is 13.4 Å². The highest BCUT2D eigenvalue weighted by molar-refractivity contribution is 7.90. The highest BCUT2D eigenvalue weighted by atomic mass is 35.5. The summed E-state index contributed by atoms with van der Waals surface area (Å²) in [5.41, 5.74) is 6.35. The number of sulfone groups is 1. The van der Waals surface area contributed by atoms with Gasteiger partial charge in [-0.2, -0.15) is 0 Å². The standard InChI is InChI=1S/C9H14N2O3S.ClH/c1-6(10)7-4-8(14-2)11-9(5-7)15(3,12)13;/h4-6H,10H2,1-3H3;1H/t6-;/m0./s1. The van der Waals surface area contributed by atoms with E-state index >= 15 is 0 Å². The number of rotatable bonds is 3. The Hall–Kier alpha value is -0.850. The lowest BCUT2D eigenvalue weighted by Crippen LogP contribution is -2.09. The van der Waals surface area contributed by atoms with Gasteiger partial charge in [-0.05, 0) is 18.6 Å². The third-order valence-electron chi connectivity index (χ3n) is 1.92. The summed E-state index contributed by atoms with van der Waals surface area (Å²) in [6.07, 6.45) is 1.10. The summed E-state index contributed by atoms with van der Waals surface area (Å²) in [4.78, 5) is 3.84. The smallest absolute Gasteiger partial charge is 0.214 e. The molecule has 1 heterocycles. The molecule has 0 radical (unpaired) electrons. The van der Waals surface area contributed by atoms with Crippen molar-refractivity contribution in [1.29, 1.82) is 0 Å². The number of ether oxygens (including phenoxy) is 1. The fourth-order valence-electron chi connectivity index (χ4n) is 1.06. The predicted octanol–water partition coefficient (Wildman–Crippen LogP) is 0.935. The van der Waals surface area contributed by atoms with Crippen molar-refractivity contribution in [3.05, 3.63) is 17.7 Å². The molecule has 1 rings (SSSR count). The molecule has 0 saturated carbocycles. The highest BCUT2D eigenvalue weighted by Gasteiger charge is 2.13. The Labute approximate surface area is 101 Å². The largest absolute Gasteiger partial charge is 0.481 e. The lowest BCUT2D eigenvalue weighted by Gasteiger charge is -2.09. The van der Waals surface area contributed by atoms with E-state index in [0.29, 0.717) is 5.56 Å². The van der Waals surface area contributed by atoms with Gasteiger partial charge in [0, 0.05) is 18.4 Å². The van der Waals surface area contributed by atoms with Crippen LogP contribution in [0.2, 0.25) is 0 Å². The van der Waals surface area contributed by atoms with E-state index in [0.717, 1.165) is 6.26 Å². The second-order valence-corrected chi connectivity index (χ2v) is 5.30. The van der Waals surface area contributed by atoms with E-state index in [2.05, 4.69) is 4.98 Å². The first-order valence-corrected chi connectivity index (χ1v) is 6.25. The van der Waals surface area contributed by atoms with Gasteiger partial charge < -0.3 is 10.5 Å². The summed E-state index contributed by atoms with van der Waals surface area (Å²) in [6.45, 7) is 1.76. The second-order valence-electron chi connectivity index (χ2n) is 3.34. The molecule has 2 N–H and O–H groups in total. The molecule has 0 aromatic carbocycles. The van der Waals surface area contributed by atoms with Crippen LogP contribution in [0, 0.1) is 0 Å². The minimum atomic E-state index is -3.34. The molecule has 16 heavy (non-hydrogen) atoms. The maximum atomic E-state index is 11.3. The first-order valence-electron chi connectivity index (χ1n) is 4.36. The van der Waals surface area contributed by atoms with Crippen LogP contribution in [0.4, 0.5) is 0 Å². The Morgan fingerprint density at radius 1 is 1.44 bits per heavy atom. The van der Waals surface area contributed by atoms with Crippen molar-refractivity contribution in [3.8, 4) is 5.88 Å². The van der Waals surface area contributed by atoms with Gasteiger partial charge in [0.15, 0.2) is 14.9 Å². The lowest BCUT2D eigenvalue weighted by molar-refractivity contribution is 0.392. The van der Waals surface area contributed by atoms with Gasteiger partial charge in [-0.15, -0.1) is 12.4 Å². The molecule has 1 atom stereocenters. The maximum absolute atomic E-state index is 11.3. The molecule has 1 aromatic rings. The van der Waals surface area contributed by atoms with Gasteiger partial charge in [-0.3, -0.25) is 0 Å². The molecule has 0 amide bonds. The fourth-order valence-corrected chi connectivity index (χ4v) is 1.66. The summed E-state index contributed by atoms with van der Waals surface area (Å²) in [6, 6.07) is 2.82. The molecule has 0 aliphatic carbocycles. The maximum Gasteiger partial charge on any atom is 0.214 e. The zero-order valence-electron chi connectivity index (χ0n) is 9.30. The Morgan fingerprint density at radius 3 is 2.38 bits per heavy atom. The van der Waals surface area contributed by atoms with Crippen molar-refractivity contribution in [1.82, 2.24) is 4.98 Å². The molecule has 7 heteroatoms. The number of nitrogens with zero attached hydrogens (tertiary/aromatic N) is 1. The number of methoxy groups -OCH3 is 1. The van der Waals surface area contributed by atoms with Gasteiger partial charge >= 0.3 is 0 Å². The van der Waals surface area contributed by atoms with Crippen LogP contribution in [0.5, 0.6) is 5.88 Å². The number of pyridine rings is 1. The Bertz CT molecular complexity index is 460. The Morgan fingerprint density at radius 2 is 2.00 bits per heavy atom. The molecule has 5 nitrogen and oxygen atoms in total. The van der Waals surface area contributed by atoms with Crippen LogP contribution in [0.25, 0.3) is 0 Å². The molecule has 0 bridgehead atoms. The topological polar surface area (TPSA) is 82.3 Å². The number of nitrogens with two attached hydrogens (primary N) is 1. The molecule has 0 fully saturated rings. The minimum absolute atomic E-state index is 0. The average Bonchev–Trinajstić information content (AvgIpc) is 2.15. The molecule has 0 saturated heterocycles. The minimum Gasteiger partial charge on any atom is -0.481 e. The summed E-state index contributed by atoms with van der Waals surface area (Å²) in [5, 5.41) is -0.0193. The van der Waals surface area contributed by atoms with Crippen LogP contribution in [0.3, 0.4) is 0 Å². The van der Waals surface area contributed by atoms with E-state index in [4.69, 9.17) is 10.5 Å². The Kier molecular flexibility index (Phi) is 5.18. The van der Waals surface area contributed by atoms with Crippen molar-refractivity contribution in [2.45, 2.75) is 18.0 Å². The van der Waals surface area contributed by atoms with Crippen LogP contribution in [0.15, 0.2) is 17.2 Å². The zero-order chi connectivity index (χ0) is 11.6. The van der Waals surface area contributed by atoms with E-state index in [1.54, 1.807) is 13.0 Å². The zero-order valence-corrected chi connectivity index (χ0v) is 10.9. The van der Waals surface area contributed by atoms with Gasteiger partial charge in [0.25, 0.3) is 0 Å². The first kappa shape index (κ1) is 15.2. The molecule has 1 aromatic heterocycles. The molecule has 0 unspecified atom stereocenters. The van der Waals surface area contributed by atoms with Crippen molar-refractivity contribution >= 4 is 22.2 Å². The van der Waals surface area contributed by atoms with Gasteiger partial charge in [0.1, 0.15) is 0 Å². The number of aromatic nitrogens is 1. The highest BCUT2D eigenvalue weighted by Crippen LogP contribution is 2.19. The third kappa shape index (κ3) is 3.62. The molecule has 0 aliphatic heterocycles. The van der Waals surface area contributed by atoms with Crippen molar-refractivity contribution in [2.75, 3.05) is 13.4 Å². The van der Waals surface area contributed by atoms with Crippen LogP contribution in [-0.2, 0) is 9.84 Å². The lowest BCUT2D eigenvalue weighted by atomic mass is 10.1. The molecular formula is C9H15ClN2O3S. The fraction of sp³-hybridized carbons (Fsp3) is 0.444.